The molecule has 0 saturated carbocycles. The molecule has 2 aromatic rings. The van der Waals surface area contributed by atoms with Crippen molar-refractivity contribution in [1.82, 2.24) is 19.5 Å². The van der Waals surface area contributed by atoms with Gasteiger partial charge in [0.2, 0.25) is 0 Å². The van der Waals surface area contributed by atoms with Gasteiger partial charge in [0.1, 0.15) is 11.3 Å². The number of nitrogens with one attached hydrogen (secondary N) is 2. The van der Waals surface area contributed by atoms with E-state index in [2.05, 4.69) is 27.6 Å². The van der Waals surface area contributed by atoms with Crippen LogP contribution in [0.15, 0.2) is 15.1 Å². The molecule has 1 saturated heterocycles. The average Bonchev–Trinajstić information content (AvgIpc) is 3.02. The second-order valence-electron chi connectivity index (χ2n) is 7.10. The fourth-order valence-corrected chi connectivity index (χ4v) is 2.79. The predicted molar refractivity (Wildman–Crippen MR) is 99.9 cm³/mol. The summed E-state index contributed by atoms with van der Waals surface area (Å²) >= 11 is 4.36. The molecule has 134 valence electrons. The third kappa shape index (κ3) is 2.98. The number of hydrogen-bond acceptors (Lipinski definition) is 6. The summed E-state index contributed by atoms with van der Waals surface area (Å²) in [5, 5.41) is 0. The van der Waals surface area contributed by atoms with Crippen molar-refractivity contribution in [2.45, 2.75) is 38.9 Å². The largest absolute Gasteiger partial charge is 0.491 e. The van der Waals surface area contributed by atoms with Gasteiger partial charge in [-0.25, -0.2) is 9.78 Å². The fraction of sp³-hybridized carbons (Fsp3) is 0.533. The SMILES string of the molecule is Cn1c(=O)[nH]c(=O)c2[nH]c(C=C(CS)B3OC(C)(C)C(C)(C)O3)nc21. The Morgan fingerprint density at radius 2 is 1.84 bits per heavy atom. The van der Waals surface area contributed by atoms with E-state index in [9.17, 15) is 9.59 Å². The molecule has 25 heavy (non-hydrogen) atoms. The van der Waals surface area contributed by atoms with Gasteiger partial charge in [-0.15, -0.1) is 0 Å². The monoisotopic (exact) mass is 364 g/mol. The summed E-state index contributed by atoms with van der Waals surface area (Å²) in [7, 11) is 0.987. The fourth-order valence-electron chi connectivity index (χ4n) is 2.55. The maximum Gasteiger partial charge on any atom is 0.491 e. The van der Waals surface area contributed by atoms with Crippen molar-refractivity contribution in [2.75, 3.05) is 5.75 Å². The summed E-state index contributed by atoms with van der Waals surface area (Å²) in [6.07, 6.45) is 1.74. The molecule has 0 aromatic carbocycles. The normalized spacial score (nSPS) is 19.8. The number of H-pyrrole nitrogens is 2. The number of hydrogen-bond donors (Lipinski definition) is 3. The highest BCUT2D eigenvalue weighted by Gasteiger charge is 2.52. The number of aromatic nitrogens is 4. The van der Waals surface area contributed by atoms with E-state index < -0.39 is 29.6 Å². The molecule has 0 spiro atoms. The van der Waals surface area contributed by atoms with Gasteiger partial charge in [0.05, 0.1) is 11.2 Å². The van der Waals surface area contributed by atoms with Gasteiger partial charge in [-0.05, 0) is 39.2 Å². The lowest BCUT2D eigenvalue weighted by atomic mass is 9.79. The summed E-state index contributed by atoms with van der Waals surface area (Å²) < 4.78 is 13.3. The van der Waals surface area contributed by atoms with Crippen molar-refractivity contribution in [3.05, 3.63) is 32.1 Å². The van der Waals surface area contributed by atoms with E-state index in [4.69, 9.17) is 9.31 Å². The lowest BCUT2D eigenvalue weighted by molar-refractivity contribution is 0.00578. The molecule has 1 aliphatic heterocycles. The molecular formula is C15H21BN4O4S. The minimum absolute atomic E-state index is 0.237. The molecule has 0 aliphatic carbocycles. The van der Waals surface area contributed by atoms with E-state index in [1.54, 1.807) is 13.1 Å². The topological polar surface area (TPSA) is 102 Å². The van der Waals surface area contributed by atoms with Gasteiger partial charge in [-0.2, -0.15) is 12.6 Å². The Labute approximate surface area is 150 Å². The molecule has 2 aromatic heterocycles. The first-order chi connectivity index (χ1) is 11.6. The average molecular weight is 364 g/mol. The Morgan fingerprint density at radius 3 is 2.40 bits per heavy atom. The zero-order chi connectivity index (χ0) is 18.6. The summed E-state index contributed by atoms with van der Waals surface area (Å²) in [6, 6.07) is 0. The van der Waals surface area contributed by atoms with Crippen LogP contribution in [0.1, 0.15) is 33.5 Å². The first-order valence-corrected chi connectivity index (χ1v) is 8.55. The third-order valence-electron chi connectivity index (χ3n) is 4.83. The van der Waals surface area contributed by atoms with Crippen LogP contribution in [0, 0.1) is 0 Å². The number of aromatic amines is 2. The molecule has 10 heteroatoms. The first-order valence-electron chi connectivity index (χ1n) is 7.92. The number of aryl methyl sites for hydroxylation is 1. The molecule has 0 atom stereocenters. The second-order valence-corrected chi connectivity index (χ2v) is 7.42. The number of fused-ring (bicyclic) bond motifs is 1. The molecule has 3 rings (SSSR count). The Kier molecular flexibility index (Phi) is 4.25. The van der Waals surface area contributed by atoms with E-state index in [1.807, 2.05) is 27.7 Å². The van der Waals surface area contributed by atoms with Gasteiger partial charge in [0, 0.05) is 12.8 Å². The van der Waals surface area contributed by atoms with Crippen molar-refractivity contribution in [1.29, 1.82) is 0 Å². The zero-order valence-electron chi connectivity index (χ0n) is 14.8. The van der Waals surface area contributed by atoms with E-state index in [0.717, 1.165) is 5.47 Å². The summed E-state index contributed by atoms with van der Waals surface area (Å²) in [6.45, 7) is 7.89. The lowest BCUT2D eigenvalue weighted by Gasteiger charge is -2.32. The highest BCUT2D eigenvalue weighted by atomic mass is 32.1. The van der Waals surface area contributed by atoms with E-state index in [-0.39, 0.29) is 11.2 Å². The summed E-state index contributed by atoms with van der Waals surface area (Å²) in [5.41, 5.74) is -0.660. The lowest BCUT2D eigenvalue weighted by Crippen LogP contribution is -2.41. The molecule has 8 nitrogen and oxygen atoms in total. The molecule has 0 radical (unpaired) electrons. The molecule has 1 fully saturated rings. The molecule has 0 unspecified atom stereocenters. The van der Waals surface area contributed by atoms with Gasteiger partial charge < -0.3 is 14.3 Å². The minimum atomic E-state index is -0.558. The van der Waals surface area contributed by atoms with Gasteiger partial charge >= 0.3 is 12.8 Å². The van der Waals surface area contributed by atoms with Crippen molar-refractivity contribution < 1.29 is 9.31 Å². The number of imidazole rings is 1. The van der Waals surface area contributed by atoms with Crippen LogP contribution < -0.4 is 11.2 Å². The van der Waals surface area contributed by atoms with Crippen LogP contribution in [0.2, 0.25) is 0 Å². The predicted octanol–water partition coefficient (Wildman–Crippen LogP) is 0.894. The molecule has 1 aliphatic rings. The maximum atomic E-state index is 11.9. The Morgan fingerprint density at radius 1 is 1.24 bits per heavy atom. The van der Waals surface area contributed by atoms with Crippen LogP contribution in [-0.2, 0) is 16.4 Å². The number of thiol groups is 1. The molecule has 2 N–H and O–H groups in total. The van der Waals surface area contributed by atoms with Gasteiger partial charge in [-0.3, -0.25) is 14.3 Å². The van der Waals surface area contributed by atoms with Crippen LogP contribution >= 0.6 is 12.6 Å². The van der Waals surface area contributed by atoms with Gasteiger partial charge in [-0.1, -0.05) is 0 Å². The quantitative estimate of drug-likeness (QED) is 0.555. The third-order valence-corrected chi connectivity index (χ3v) is 5.20. The van der Waals surface area contributed by atoms with Crippen LogP contribution in [0.5, 0.6) is 0 Å². The molecule has 3 heterocycles. The maximum absolute atomic E-state index is 11.9. The first kappa shape index (κ1) is 18.0. The van der Waals surface area contributed by atoms with Gasteiger partial charge in [0.25, 0.3) is 5.56 Å². The van der Waals surface area contributed by atoms with Crippen LogP contribution in [0.3, 0.4) is 0 Å². The Balaban J connectivity index is 2.03. The Hall–Kier alpha value is -1.78. The van der Waals surface area contributed by atoms with Crippen LogP contribution in [0.4, 0.5) is 0 Å². The van der Waals surface area contributed by atoms with E-state index in [1.165, 1.54) is 4.57 Å². The van der Waals surface area contributed by atoms with Crippen LogP contribution in [0.25, 0.3) is 17.2 Å². The van der Waals surface area contributed by atoms with E-state index in [0.29, 0.717) is 11.6 Å². The smallest absolute Gasteiger partial charge is 0.400 e. The summed E-state index contributed by atoms with van der Waals surface area (Å²) in [5.74, 6) is 0.823. The van der Waals surface area contributed by atoms with Gasteiger partial charge in [0.15, 0.2) is 5.65 Å². The summed E-state index contributed by atoms with van der Waals surface area (Å²) in [4.78, 5) is 33.1. The molecule has 0 bridgehead atoms. The van der Waals surface area contributed by atoms with E-state index >= 15 is 0 Å². The zero-order valence-corrected chi connectivity index (χ0v) is 15.7. The van der Waals surface area contributed by atoms with Crippen LogP contribution in [-0.4, -0.2) is 43.6 Å². The molecular weight excluding hydrogens is 343 g/mol. The van der Waals surface area contributed by atoms with Crippen molar-refractivity contribution in [3.63, 3.8) is 0 Å². The standard InChI is InChI=1S/C15H21BN4O4S/c1-14(2)15(3,4)24-16(23-14)8(7-25)6-9-17-10-11(18-9)20(5)13(22)19-12(10)21/h6,25H,7H2,1-5H3,(H,17,18)(H,19,21,22). The second kappa shape index (κ2) is 5.89. The highest BCUT2D eigenvalue weighted by molar-refractivity contribution is 7.80. The molecule has 0 amide bonds. The highest BCUT2D eigenvalue weighted by Crippen LogP contribution is 2.38. The van der Waals surface area contributed by atoms with Crippen molar-refractivity contribution >= 4 is 37.0 Å². The number of nitrogens with zero attached hydrogens (tertiary/aromatic N) is 2. The number of rotatable bonds is 3. The minimum Gasteiger partial charge on any atom is -0.400 e. The van der Waals surface area contributed by atoms with Crippen molar-refractivity contribution in [2.24, 2.45) is 7.05 Å². The van der Waals surface area contributed by atoms with Crippen molar-refractivity contribution in [3.8, 4) is 0 Å². The Bertz CT molecular complexity index is 956.